The number of hydrogen-bond donors (Lipinski definition) is 1. The molecule has 0 aliphatic rings. The lowest BCUT2D eigenvalue weighted by molar-refractivity contribution is 0.562. The predicted octanol–water partition coefficient (Wildman–Crippen LogP) is 1.67. The third-order valence-corrected chi connectivity index (χ3v) is 6.08. The van der Waals surface area contributed by atoms with E-state index in [1.54, 1.807) is 26.8 Å². The molecular formula is C11H19N3O2S2. The van der Waals surface area contributed by atoms with Gasteiger partial charge in [-0.15, -0.1) is 0 Å². The number of nitrogens with zero attached hydrogens (tertiary/aromatic N) is 2. The second-order valence-electron chi connectivity index (χ2n) is 5.00. The second kappa shape index (κ2) is 5.44. The lowest BCUT2D eigenvalue weighted by Gasteiger charge is -2.18. The third-order valence-electron chi connectivity index (χ3n) is 2.37. The van der Waals surface area contributed by atoms with Gasteiger partial charge in [0.05, 0.1) is 10.5 Å². The van der Waals surface area contributed by atoms with E-state index in [0.29, 0.717) is 16.7 Å². The highest BCUT2D eigenvalue weighted by Crippen LogP contribution is 2.20. The molecule has 0 aromatic carbocycles. The minimum absolute atomic E-state index is 0.109. The van der Waals surface area contributed by atoms with Crippen LogP contribution in [-0.4, -0.2) is 34.6 Å². The Bertz CT molecular complexity index is 501. The number of nitrogens with two attached hydrogens (primary N) is 1. The van der Waals surface area contributed by atoms with Crippen LogP contribution in [0.25, 0.3) is 0 Å². The molecule has 0 radical (unpaired) electrons. The van der Waals surface area contributed by atoms with Crippen LogP contribution in [0.5, 0.6) is 0 Å². The molecule has 2 N–H and O–H groups in total. The number of thioether (sulfide) groups is 1. The van der Waals surface area contributed by atoms with E-state index in [1.165, 1.54) is 11.8 Å². The molecule has 102 valence electrons. The number of sulfone groups is 1. The van der Waals surface area contributed by atoms with Crippen molar-refractivity contribution < 1.29 is 8.42 Å². The van der Waals surface area contributed by atoms with E-state index >= 15 is 0 Å². The molecule has 1 aromatic rings. The molecule has 0 saturated carbocycles. The Morgan fingerprint density at radius 2 is 1.94 bits per heavy atom. The van der Waals surface area contributed by atoms with Crippen LogP contribution in [0.15, 0.2) is 11.2 Å². The van der Waals surface area contributed by atoms with Crippen molar-refractivity contribution in [3.05, 3.63) is 11.8 Å². The Balaban J connectivity index is 2.63. The summed E-state index contributed by atoms with van der Waals surface area (Å²) in [6, 6.07) is 1.68. The topological polar surface area (TPSA) is 85.9 Å². The van der Waals surface area contributed by atoms with Gasteiger partial charge in [-0.25, -0.2) is 18.4 Å². The fraction of sp³-hybridized carbons (Fsp3) is 0.636. The molecule has 1 heterocycles. The van der Waals surface area contributed by atoms with Gasteiger partial charge in [-0.3, -0.25) is 0 Å². The zero-order valence-corrected chi connectivity index (χ0v) is 12.7. The van der Waals surface area contributed by atoms with Crippen molar-refractivity contribution in [2.24, 2.45) is 0 Å². The largest absolute Gasteiger partial charge is 0.384 e. The van der Waals surface area contributed by atoms with Crippen molar-refractivity contribution in [3.8, 4) is 0 Å². The van der Waals surface area contributed by atoms with Crippen LogP contribution < -0.4 is 5.73 Å². The molecule has 0 unspecified atom stereocenters. The van der Waals surface area contributed by atoms with Gasteiger partial charge >= 0.3 is 0 Å². The first-order valence-corrected chi connectivity index (χ1v) is 8.22. The first-order valence-electron chi connectivity index (χ1n) is 5.58. The minimum atomic E-state index is -3.10. The molecule has 0 aliphatic carbocycles. The second-order valence-corrected chi connectivity index (χ2v) is 8.92. The summed E-state index contributed by atoms with van der Waals surface area (Å²) in [6.45, 7) is 6.93. The van der Waals surface area contributed by atoms with E-state index in [2.05, 4.69) is 9.97 Å². The van der Waals surface area contributed by atoms with Crippen LogP contribution in [0.4, 0.5) is 5.82 Å². The summed E-state index contributed by atoms with van der Waals surface area (Å²) < 4.78 is 23.1. The number of anilines is 1. The summed E-state index contributed by atoms with van der Waals surface area (Å²) in [4.78, 5) is 8.24. The summed E-state index contributed by atoms with van der Waals surface area (Å²) in [6.07, 6.45) is 0. The van der Waals surface area contributed by atoms with E-state index in [1.807, 2.05) is 6.92 Å². The number of aromatic nitrogens is 2. The average molecular weight is 289 g/mol. The van der Waals surface area contributed by atoms with Gasteiger partial charge in [-0.1, -0.05) is 11.8 Å². The van der Waals surface area contributed by atoms with Gasteiger partial charge in [0, 0.05) is 17.5 Å². The average Bonchev–Trinajstić information content (AvgIpc) is 2.13. The molecule has 0 aliphatic heterocycles. The normalized spacial score (nSPS) is 12.7. The SMILES string of the molecule is Cc1cc(N)nc(SCCS(=O)(=O)C(C)(C)C)n1. The summed E-state index contributed by atoms with van der Waals surface area (Å²) in [7, 11) is -3.10. The zero-order valence-electron chi connectivity index (χ0n) is 11.1. The number of hydrogen-bond acceptors (Lipinski definition) is 6. The van der Waals surface area contributed by atoms with Crippen LogP contribution in [0.1, 0.15) is 26.5 Å². The fourth-order valence-corrected chi connectivity index (χ4v) is 3.56. The summed E-state index contributed by atoms with van der Waals surface area (Å²) in [5, 5.41) is 0.525. The highest BCUT2D eigenvalue weighted by atomic mass is 32.2. The minimum Gasteiger partial charge on any atom is -0.384 e. The van der Waals surface area contributed by atoms with Gasteiger partial charge in [0.2, 0.25) is 0 Å². The number of aryl methyl sites for hydroxylation is 1. The quantitative estimate of drug-likeness (QED) is 0.670. The monoisotopic (exact) mass is 289 g/mol. The van der Waals surface area contributed by atoms with Crippen LogP contribution in [-0.2, 0) is 9.84 Å². The lowest BCUT2D eigenvalue weighted by Crippen LogP contribution is -2.31. The molecule has 1 aromatic heterocycles. The standard InChI is InChI=1S/C11H19N3O2S2/c1-8-7-9(12)14-10(13-8)17-5-6-18(15,16)11(2,3)4/h7H,5-6H2,1-4H3,(H2,12,13,14). The Morgan fingerprint density at radius 1 is 1.33 bits per heavy atom. The first-order chi connectivity index (χ1) is 8.12. The molecule has 0 fully saturated rings. The Hall–Kier alpha value is -0.820. The van der Waals surface area contributed by atoms with Gasteiger partial charge < -0.3 is 5.73 Å². The van der Waals surface area contributed by atoms with Crippen molar-refractivity contribution in [2.45, 2.75) is 37.6 Å². The summed E-state index contributed by atoms with van der Waals surface area (Å²) >= 11 is 1.31. The van der Waals surface area contributed by atoms with Crippen LogP contribution in [0.3, 0.4) is 0 Å². The predicted molar refractivity (Wildman–Crippen MR) is 75.4 cm³/mol. The van der Waals surface area contributed by atoms with Gasteiger partial charge in [0.15, 0.2) is 15.0 Å². The third kappa shape index (κ3) is 4.13. The highest BCUT2D eigenvalue weighted by Gasteiger charge is 2.28. The molecule has 7 heteroatoms. The maximum Gasteiger partial charge on any atom is 0.189 e. The smallest absolute Gasteiger partial charge is 0.189 e. The van der Waals surface area contributed by atoms with E-state index in [0.717, 1.165) is 5.69 Å². The van der Waals surface area contributed by atoms with E-state index in [-0.39, 0.29) is 5.75 Å². The molecule has 18 heavy (non-hydrogen) atoms. The van der Waals surface area contributed by atoms with Crippen LogP contribution >= 0.6 is 11.8 Å². The van der Waals surface area contributed by atoms with Crippen LogP contribution in [0.2, 0.25) is 0 Å². The van der Waals surface area contributed by atoms with Gasteiger partial charge in [0.1, 0.15) is 5.82 Å². The zero-order chi connectivity index (χ0) is 14.0. The number of rotatable bonds is 4. The maximum absolute atomic E-state index is 11.9. The van der Waals surface area contributed by atoms with Crippen molar-refractivity contribution in [1.29, 1.82) is 0 Å². The number of nitrogen functional groups attached to an aromatic ring is 1. The van der Waals surface area contributed by atoms with Gasteiger partial charge in [0.25, 0.3) is 0 Å². The van der Waals surface area contributed by atoms with Crippen molar-refractivity contribution in [1.82, 2.24) is 9.97 Å². The molecule has 0 amide bonds. The molecular weight excluding hydrogens is 270 g/mol. The molecule has 0 atom stereocenters. The van der Waals surface area contributed by atoms with E-state index < -0.39 is 14.6 Å². The maximum atomic E-state index is 11.9. The molecule has 5 nitrogen and oxygen atoms in total. The van der Waals surface area contributed by atoms with Gasteiger partial charge in [-0.05, 0) is 27.7 Å². The molecule has 1 rings (SSSR count). The van der Waals surface area contributed by atoms with Crippen molar-refractivity contribution >= 4 is 27.4 Å². The Labute approximate surface area is 113 Å². The van der Waals surface area contributed by atoms with Crippen molar-refractivity contribution in [3.63, 3.8) is 0 Å². The van der Waals surface area contributed by atoms with Gasteiger partial charge in [-0.2, -0.15) is 0 Å². The molecule has 0 bridgehead atoms. The highest BCUT2D eigenvalue weighted by molar-refractivity contribution is 8.00. The first kappa shape index (κ1) is 15.2. The summed E-state index contributed by atoms with van der Waals surface area (Å²) in [5.41, 5.74) is 6.38. The van der Waals surface area contributed by atoms with Crippen LogP contribution in [0, 0.1) is 6.92 Å². The fourth-order valence-electron chi connectivity index (χ4n) is 1.18. The van der Waals surface area contributed by atoms with E-state index in [9.17, 15) is 8.42 Å². The van der Waals surface area contributed by atoms with Crippen molar-refractivity contribution in [2.75, 3.05) is 17.2 Å². The van der Waals surface area contributed by atoms with E-state index in [4.69, 9.17) is 5.73 Å². The lowest BCUT2D eigenvalue weighted by atomic mass is 10.3. The summed E-state index contributed by atoms with van der Waals surface area (Å²) in [5.74, 6) is 0.949. The Morgan fingerprint density at radius 3 is 2.44 bits per heavy atom. The molecule has 0 saturated heterocycles. The molecule has 0 spiro atoms. The Kier molecular flexibility index (Phi) is 4.61.